The number of aromatic nitrogens is 4. The first-order chi connectivity index (χ1) is 15.7. The molecule has 0 radical (unpaired) electrons. The summed E-state index contributed by atoms with van der Waals surface area (Å²) in [4.78, 5) is 36.2. The van der Waals surface area contributed by atoms with Gasteiger partial charge in [-0.15, -0.1) is 0 Å². The Hall–Kier alpha value is -2.84. The van der Waals surface area contributed by atoms with E-state index in [2.05, 4.69) is 40.7 Å². The zero-order chi connectivity index (χ0) is 21.5. The molecule has 0 atom stereocenters. The molecule has 1 amide bonds. The standard InChI is InChI=1S/C24H29N7O/c32-23(31-8-6-30(7-9-31)19-2-1-3-19)15-29-5-4-20-21-10-17(18-11-25-16-26-12-18)13-27-24(21)28-22(20)14-29/h10-13,16,19H,1-9,14-15H2,(H,27,28). The SMILES string of the molecule is O=C(CN1CCc2c([nH]c3ncc(-c4cncnc4)cc23)C1)N1CCN(C2CCC2)CC1. The molecule has 1 saturated heterocycles. The van der Waals surface area contributed by atoms with E-state index < -0.39 is 0 Å². The summed E-state index contributed by atoms with van der Waals surface area (Å²) in [7, 11) is 0. The Bertz CT molecular complexity index is 1120. The lowest BCUT2D eigenvalue weighted by molar-refractivity contribution is -0.135. The van der Waals surface area contributed by atoms with E-state index in [0.29, 0.717) is 6.54 Å². The van der Waals surface area contributed by atoms with Gasteiger partial charge in [0.05, 0.1) is 6.54 Å². The molecule has 3 aromatic rings. The third-order valence-electron chi connectivity index (χ3n) is 7.42. The Kier molecular flexibility index (Phi) is 5.11. The van der Waals surface area contributed by atoms with Crippen molar-refractivity contribution < 1.29 is 4.79 Å². The number of piperazine rings is 1. The minimum atomic E-state index is 0.266. The number of hydrogen-bond donors (Lipinski definition) is 1. The van der Waals surface area contributed by atoms with E-state index in [1.54, 1.807) is 0 Å². The number of carbonyl (C=O) groups excluding carboxylic acids is 1. The van der Waals surface area contributed by atoms with Crippen molar-refractivity contribution >= 4 is 16.9 Å². The molecule has 8 nitrogen and oxygen atoms in total. The number of rotatable bonds is 4. The van der Waals surface area contributed by atoms with Crippen LogP contribution >= 0.6 is 0 Å². The zero-order valence-electron chi connectivity index (χ0n) is 18.3. The summed E-state index contributed by atoms with van der Waals surface area (Å²) < 4.78 is 0. The molecular formula is C24H29N7O. The molecule has 0 unspecified atom stereocenters. The zero-order valence-corrected chi connectivity index (χ0v) is 18.3. The molecule has 6 rings (SSSR count). The summed E-state index contributed by atoms with van der Waals surface area (Å²) in [5, 5.41) is 1.17. The molecule has 1 N–H and O–H groups in total. The maximum absolute atomic E-state index is 12.9. The first-order valence-electron chi connectivity index (χ1n) is 11.7. The Labute approximate surface area is 187 Å². The second kappa shape index (κ2) is 8.26. The molecule has 166 valence electrons. The largest absolute Gasteiger partial charge is 0.342 e. The van der Waals surface area contributed by atoms with Crippen molar-refractivity contribution in [2.24, 2.45) is 0 Å². The highest BCUT2D eigenvalue weighted by Gasteiger charge is 2.30. The van der Waals surface area contributed by atoms with Crippen LogP contribution in [0.15, 0.2) is 31.0 Å². The molecule has 8 heteroatoms. The predicted octanol–water partition coefficient (Wildman–Crippen LogP) is 2.07. The third-order valence-corrected chi connectivity index (χ3v) is 7.42. The smallest absolute Gasteiger partial charge is 0.236 e. The van der Waals surface area contributed by atoms with Crippen molar-refractivity contribution in [3.8, 4) is 11.1 Å². The number of H-pyrrole nitrogens is 1. The summed E-state index contributed by atoms with van der Waals surface area (Å²) in [6, 6.07) is 2.96. The van der Waals surface area contributed by atoms with Gasteiger partial charge in [-0.05, 0) is 30.9 Å². The quantitative estimate of drug-likeness (QED) is 0.681. The third kappa shape index (κ3) is 3.67. The topological polar surface area (TPSA) is 81.2 Å². The van der Waals surface area contributed by atoms with E-state index in [1.165, 1.54) is 42.2 Å². The monoisotopic (exact) mass is 431 g/mol. The fourth-order valence-corrected chi connectivity index (χ4v) is 5.29. The maximum Gasteiger partial charge on any atom is 0.236 e. The van der Waals surface area contributed by atoms with Crippen molar-refractivity contribution in [3.05, 3.63) is 42.2 Å². The van der Waals surface area contributed by atoms with Gasteiger partial charge in [0.2, 0.25) is 5.91 Å². The Balaban J connectivity index is 1.12. The van der Waals surface area contributed by atoms with E-state index in [9.17, 15) is 4.79 Å². The molecule has 32 heavy (non-hydrogen) atoms. The van der Waals surface area contributed by atoms with Crippen molar-refractivity contribution in [3.63, 3.8) is 0 Å². The van der Waals surface area contributed by atoms with Crippen LogP contribution in [0.5, 0.6) is 0 Å². The summed E-state index contributed by atoms with van der Waals surface area (Å²) in [5.41, 5.74) is 5.42. The number of hydrogen-bond acceptors (Lipinski definition) is 6. The molecule has 1 aliphatic carbocycles. The molecule has 2 fully saturated rings. The van der Waals surface area contributed by atoms with Gasteiger partial charge in [-0.2, -0.15) is 0 Å². The van der Waals surface area contributed by atoms with E-state index >= 15 is 0 Å². The fourth-order valence-electron chi connectivity index (χ4n) is 5.29. The fraction of sp³-hybridized carbons (Fsp3) is 0.500. The number of fused-ring (bicyclic) bond motifs is 3. The van der Waals surface area contributed by atoms with Gasteiger partial charge in [0.1, 0.15) is 12.0 Å². The lowest BCUT2D eigenvalue weighted by atomic mass is 9.91. The molecular weight excluding hydrogens is 402 g/mol. The van der Waals surface area contributed by atoms with Crippen LogP contribution in [0.3, 0.4) is 0 Å². The first-order valence-corrected chi connectivity index (χ1v) is 11.7. The van der Waals surface area contributed by atoms with Crippen LogP contribution in [0.2, 0.25) is 0 Å². The van der Waals surface area contributed by atoms with Gasteiger partial charge in [-0.3, -0.25) is 14.6 Å². The van der Waals surface area contributed by atoms with Crippen LogP contribution in [-0.2, 0) is 17.8 Å². The van der Waals surface area contributed by atoms with Gasteiger partial charge >= 0.3 is 0 Å². The van der Waals surface area contributed by atoms with Gasteiger partial charge in [0.15, 0.2) is 0 Å². The average Bonchev–Trinajstić information content (AvgIpc) is 3.16. The molecule has 3 aliphatic rings. The van der Waals surface area contributed by atoms with Gasteiger partial charge in [-0.25, -0.2) is 15.0 Å². The van der Waals surface area contributed by atoms with E-state index in [4.69, 9.17) is 0 Å². The van der Waals surface area contributed by atoms with Crippen LogP contribution in [0.1, 0.15) is 30.5 Å². The number of carbonyl (C=O) groups is 1. The highest BCUT2D eigenvalue weighted by atomic mass is 16.2. The molecule has 0 spiro atoms. The highest BCUT2D eigenvalue weighted by molar-refractivity contribution is 5.86. The molecule has 2 aliphatic heterocycles. The second-order valence-electron chi connectivity index (χ2n) is 9.29. The highest BCUT2D eigenvalue weighted by Crippen LogP contribution is 2.30. The van der Waals surface area contributed by atoms with Gasteiger partial charge < -0.3 is 9.88 Å². The van der Waals surface area contributed by atoms with Crippen LogP contribution in [-0.4, -0.2) is 85.9 Å². The summed E-state index contributed by atoms with van der Waals surface area (Å²) in [6.07, 6.45) is 12.0. The van der Waals surface area contributed by atoms with Gasteiger partial charge in [-0.1, -0.05) is 6.42 Å². The molecule has 0 bridgehead atoms. The van der Waals surface area contributed by atoms with Crippen LogP contribution < -0.4 is 0 Å². The van der Waals surface area contributed by atoms with Crippen LogP contribution in [0, 0.1) is 0 Å². The summed E-state index contributed by atoms with van der Waals surface area (Å²) in [5.74, 6) is 0.266. The van der Waals surface area contributed by atoms with Crippen molar-refractivity contribution in [1.82, 2.24) is 34.6 Å². The maximum atomic E-state index is 12.9. The van der Waals surface area contributed by atoms with Gasteiger partial charge in [0.25, 0.3) is 0 Å². The molecule has 3 aromatic heterocycles. The lowest BCUT2D eigenvalue weighted by Gasteiger charge is -2.43. The van der Waals surface area contributed by atoms with E-state index in [-0.39, 0.29) is 5.91 Å². The number of aromatic amines is 1. The number of amides is 1. The second-order valence-corrected chi connectivity index (χ2v) is 9.29. The normalized spacial score (nSPS) is 20.3. The van der Waals surface area contributed by atoms with E-state index in [0.717, 1.165) is 68.5 Å². The molecule has 5 heterocycles. The summed E-state index contributed by atoms with van der Waals surface area (Å²) >= 11 is 0. The average molecular weight is 432 g/mol. The first kappa shape index (κ1) is 19.8. The Morgan fingerprint density at radius 3 is 2.59 bits per heavy atom. The Morgan fingerprint density at radius 1 is 1.03 bits per heavy atom. The minimum absolute atomic E-state index is 0.266. The van der Waals surface area contributed by atoms with E-state index in [1.807, 2.05) is 18.6 Å². The molecule has 1 saturated carbocycles. The lowest BCUT2D eigenvalue weighted by Crippen LogP contribution is -2.55. The Morgan fingerprint density at radius 2 is 1.84 bits per heavy atom. The van der Waals surface area contributed by atoms with Crippen molar-refractivity contribution in [1.29, 1.82) is 0 Å². The molecule has 0 aromatic carbocycles. The summed E-state index contributed by atoms with van der Waals surface area (Å²) in [6.45, 7) is 5.97. The minimum Gasteiger partial charge on any atom is -0.342 e. The number of pyridine rings is 1. The predicted molar refractivity (Wildman–Crippen MR) is 122 cm³/mol. The van der Waals surface area contributed by atoms with Crippen LogP contribution in [0.4, 0.5) is 0 Å². The van der Waals surface area contributed by atoms with Crippen molar-refractivity contribution in [2.45, 2.75) is 38.3 Å². The number of nitrogens with one attached hydrogen (secondary N) is 1. The van der Waals surface area contributed by atoms with Crippen molar-refractivity contribution in [2.75, 3.05) is 39.3 Å². The van der Waals surface area contributed by atoms with Crippen LogP contribution in [0.25, 0.3) is 22.2 Å². The van der Waals surface area contributed by atoms with Gasteiger partial charge in [0, 0.05) is 86.1 Å². The number of nitrogens with zero attached hydrogens (tertiary/aromatic N) is 6.